The van der Waals surface area contributed by atoms with Crippen LogP contribution in [0, 0.1) is 6.92 Å². The number of benzene rings is 1. The summed E-state index contributed by atoms with van der Waals surface area (Å²) in [5, 5.41) is 3.19. The molecule has 0 unspecified atom stereocenters. The second-order valence-corrected chi connectivity index (χ2v) is 6.80. The molecule has 1 aliphatic carbocycles. The number of nitrogens with one attached hydrogen (secondary N) is 1. The van der Waals surface area contributed by atoms with Gasteiger partial charge in [0.15, 0.2) is 0 Å². The quantitative estimate of drug-likeness (QED) is 0.862. The van der Waals surface area contributed by atoms with E-state index in [0.29, 0.717) is 18.1 Å². The number of carbonyl (C=O) groups is 1. The highest BCUT2D eigenvalue weighted by Gasteiger charge is 2.35. The lowest BCUT2D eigenvalue weighted by atomic mass is 9.97. The molecule has 1 fully saturated rings. The number of rotatable bonds is 6. The molecule has 1 heterocycles. The van der Waals surface area contributed by atoms with Gasteiger partial charge in [-0.15, -0.1) is 0 Å². The van der Waals surface area contributed by atoms with Crippen LogP contribution in [-0.4, -0.2) is 42.2 Å². The molecule has 26 heavy (non-hydrogen) atoms. The Bertz CT molecular complexity index is 768. The number of hydrogen-bond acceptors (Lipinski definition) is 5. The van der Waals surface area contributed by atoms with Gasteiger partial charge in [-0.25, -0.2) is 9.97 Å². The molecule has 0 saturated heterocycles. The van der Waals surface area contributed by atoms with Gasteiger partial charge in [-0.3, -0.25) is 4.79 Å². The van der Waals surface area contributed by atoms with Gasteiger partial charge in [0, 0.05) is 12.7 Å². The zero-order chi connectivity index (χ0) is 18.6. The largest absolute Gasteiger partial charge is 0.480 e. The molecule has 1 aliphatic rings. The number of amides is 1. The fourth-order valence-corrected chi connectivity index (χ4v) is 3.67. The number of nitrogens with zero attached hydrogens (tertiary/aromatic N) is 2. The summed E-state index contributed by atoms with van der Waals surface area (Å²) in [7, 11) is 3.27. The Kier molecular flexibility index (Phi) is 5.52. The molecular weight excluding hydrogens is 330 g/mol. The van der Waals surface area contributed by atoms with Crippen molar-refractivity contribution in [3.8, 4) is 17.0 Å². The second kappa shape index (κ2) is 7.83. The number of aromatic nitrogens is 2. The van der Waals surface area contributed by atoms with Gasteiger partial charge in [-0.05, 0) is 37.5 Å². The first kappa shape index (κ1) is 18.3. The Morgan fingerprint density at radius 3 is 2.46 bits per heavy atom. The summed E-state index contributed by atoms with van der Waals surface area (Å²) in [5.41, 5.74) is 2.98. The summed E-state index contributed by atoms with van der Waals surface area (Å²) in [6.07, 6.45) is 5.65. The van der Waals surface area contributed by atoms with Gasteiger partial charge in [0.05, 0.1) is 30.5 Å². The molecule has 1 amide bonds. The van der Waals surface area contributed by atoms with Crippen LogP contribution in [0.3, 0.4) is 0 Å². The molecule has 6 heteroatoms. The Morgan fingerprint density at radius 2 is 1.85 bits per heavy atom. The Labute approximate surface area is 154 Å². The van der Waals surface area contributed by atoms with Crippen molar-refractivity contribution < 1.29 is 14.3 Å². The van der Waals surface area contributed by atoms with E-state index < -0.39 is 0 Å². The van der Waals surface area contributed by atoms with Gasteiger partial charge in [-0.2, -0.15) is 0 Å². The van der Waals surface area contributed by atoms with Crippen molar-refractivity contribution in [2.45, 2.75) is 38.1 Å². The maximum atomic E-state index is 12.7. The topological polar surface area (TPSA) is 73.3 Å². The van der Waals surface area contributed by atoms with Crippen molar-refractivity contribution in [2.24, 2.45) is 0 Å². The molecule has 1 aromatic heterocycles. The Balaban J connectivity index is 1.81. The first-order chi connectivity index (χ1) is 12.6. The molecule has 1 aromatic carbocycles. The number of aryl methyl sites for hydroxylation is 1. The van der Waals surface area contributed by atoms with Gasteiger partial charge in [0.2, 0.25) is 5.88 Å². The molecule has 3 rings (SSSR count). The second-order valence-electron chi connectivity index (χ2n) is 6.80. The van der Waals surface area contributed by atoms with Gasteiger partial charge in [-0.1, -0.05) is 25.0 Å². The predicted octanol–water partition coefficient (Wildman–Crippen LogP) is 3.15. The fraction of sp³-hybridized carbons (Fsp3) is 0.450. The van der Waals surface area contributed by atoms with E-state index in [0.717, 1.165) is 42.5 Å². The molecular formula is C20H25N3O3. The van der Waals surface area contributed by atoms with Crippen LogP contribution in [0.2, 0.25) is 0 Å². The van der Waals surface area contributed by atoms with Crippen LogP contribution in [0.5, 0.6) is 5.88 Å². The maximum Gasteiger partial charge on any atom is 0.251 e. The minimum absolute atomic E-state index is 0.0662. The smallest absolute Gasteiger partial charge is 0.251 e. The number of methoxy groups -OCH3 is 2. The van der Waals surface area contributed by atoms with E-state index in [2.05, 4.69) is 15.3 Å². The number of carbonyl (C=O) groups excluding carboxylic acids is 1. The first-order valence-corrected chi connectivity index (χ1v) is 8.86. The highest BCUT2D eigenvalue weighted by Crippen LogP contribution is 2.32. The summed E-state index contributed by atoms with van der Waals surface area (Å²) < 4.78 is 10.7. The van der Waals surface area contributed by atoms with Crippen molar-refractivity contribution in [2.75, 3.05) is 20.8 Å². The number of ether oxygens (including phenoxy) is 2. The van der Waals surface area contributed by atoms with Crippen molar-refractivity contribution in [3.63, 3.8) is 0 Å². The van der Waals surface area contributed by atoms with E-state index in [4.69, 9.17) is 9.47 Å². The highest BCUT2D eigenvalue weighted by molar-refractivity contribution is 5.95. The maximum absolute atomic E-state index is 12.7. The molecule has 0 radical (unpaired) electrons. The lowest BCUT2D eigenvalue weighted by Gasteiger charge is -2.29. The third kappa shape index (κ3) is 3.70. The van der Waals surface area contributed by atoms with Crippen LogP contribution in [0.4, 0.5) is 0 Å². The van der Waals surface area contributed by atoms with E-state index >= 15 is 0 Å². The van der Waals surface area contributed by atoms with E-state index in [1.807, 2.05) is 31.2 Å². The Hall–Kier alpha value is -2.47. The predicted molar refractivity (Wildman–Crippen MR) is 99.3 cm³/mol. The van der Waals surface area contributed by atoms with Crippen LogP contribution < -0.4 is 10.1 Å². The molecule has 1 saturated carbocycles. The van der Waals surface area contributed by atoms with E-state index in [1.54, 1.807) is 14.2 Å². The molecule has 138 valence electrons. The van der Waals surface area contributed by atoms with Crippen molar-refractivity contribution in [3.05, 3.63) is 41.9 Å². The molecule has 0 aliphatic heterocycles. The molecule has 6 nitrogen and oxygen atoms in total. The summed E-state index contributed by atoms with van der Waals surface area (Å²) in [6, 6.07) is 7.46. The SMILES string of the molecule is COCC1(NC(=O)c2ccc(-c3c(C)ncnc3OC)cc2)CCCC1. The van der Waals surface area contributed by atoms with Gasteiger partial charge in [0.25, 0.3) is 5.91 Å². The van der Waals surface area contributed by atoms with Crippen molar-refractivity contribution in [1.29, 1.82) is 0 Å². The first-order valence-electron chi connectivity index (χ1n) is 8.86. The standard InChI is InChI=1S/C20H25N3O3/c1-14-17(19(26-3)22-13-21-14)15-6-8-16(9-7-15)18(24)23-20(12-25-2)10-4-5-11-20/h6-9,13H,4-5,10-12H2,1-3H3,(H,23,24). The fourth-order valence-electron chi connectivity index (χ4n) is 3.67. The highest BCUT2D eigenvalue weighted by atomic mass is 16.5. The molecule has 2 aromatic rings. The summed E-state index contributed by atoms with van der Waals surface area (Å²) in [6.45, 7) is 2.46. The van der Waals surface area contributed by atoms with Crippen LogP contribution in [0.15, 0.2) is 30.6 Å². The molecule has 0 bridgehead atoms. The number of hydrogen-bond donors (Lipinski definition) is 1. The minimum atomic E-state index is -0.239. The monoisotopic (exact) mass is 355 g/mol. The van der Waals surface area contributed by atoms with Crippen LogP contribution in [-0.2, 0) is 4.74 Å². The minimum Gasteiger partial charge on any atom is -0.480 e. The summed E-state index contributed by atoms with van der Waals surface area (Å²) in [4.78, 5) is 21.1. The van der Waals surface area contributed by atoms with Crippen molar-refractivity contribution in [1.82, 2.24) is 15.3 Å². The third-order valence-corrected chi connectivity index (χ3v) is 4.99. The van der Waals surface area contributed by atoms with Gasteiger partial charge in [0.1, 0.15) is 6.33 Å². The Morgan fingerprint density at radius 1 is 1.15 bits per heavy atom. The lowest BCUT2D eigenvalue weighted by Crippen LogP contribution is -2.49. The third-order valence-electron chi connectivity index (χ3n) is 4.99. The normalized spacial score (nSPS) is 15.7. The van der Waals surface area contributed by atoms with Crippen LogP contribution in [0.1, 0.15) is 41.7 Å². The zero-order valence-electron chi connectivity index (χ0n) is 15.5. The average Bonchev–Trinajstić information content (AvgIpc) is 3.10. The lowest BCUT2D eigenvalue weighted by molar-refractivity contribution is 0.0767. The zero-order valence-corrected chi connectivity index (χ0v) is 15.5. The summed E-state index contributed by atoms with van der Waals surface area (Å²) >= 11 is 0. The summed E-state index contributed by atoms with van der Waals surface area (Å²) in [5.74, 6) is 0.461. The molecule has 0 spiro atoms. The van der Waals surface area contributed by atoms with Crippen LogP contribution >= 0.6 is 0 Å². The van der Waals surface area contributed by atoms with Crippen LogP contribution in [0.25, 0.3) is 11.1 Å². The average molecular weight is 355 g/mol. The van der Waals surface area contributed by atoms with Gasteiger partial charge < -0.3 is 14.8 Å². The van der Waals surface area contributed by atoms with E-state index in [1.165, 1.54) is 6.33 Å². The van der Waals surface area contributed by atoms with E-state index in [-0.39, 0.29) is 11.4 Å². The van der Waals surface area contributed by atoms with E-state index in [9.17, 15) is 4.79 Å². The van der Waals surface area contributed by atoms with Gasteiger partial charge >= 0.3 is 0 Å². The molecule has 1 N–H and O–H groups in total. The van der Waals surface area contributed by atoms with Crippen molar-refractivity contribution >= 4 is 5.91 Å². The molecule has 0 atom stereocenters.